The molecule has 1 amide bonds. The van der Waals surface area contributed by atoms with Gasteiger partial charge in [0.2, 0.25) is 0 Å². The quantitative estimate of drug-likeness (QED) is 0.799. The van der Waals surface area contributed by atoms with Crippen molar-refractivity contribution in [3.8, 4) is 11.4 Å². The molecular formula is C16H21N5O3. The number of hydrogen-bond acceptors (Lipinski definition) is 5. The summed E-state index contributed by atoms with van der Waals surface area (Å²) < 4.78 is 7.01. The van der Waals surface area contributed by atoms with Crippen molar-refractivity contribution in [3.63, 3.8) is 0 Å². The number of hydrogen-bond donors (Lipinski definition) is 0. The van der Waals surface area contributed by atoms with E-state index < -0.39 is 11.7 Å². The summed E-state index contributed by atoms with van der Waals surface area (Å²) in [7, 11) is 3.29. The number of benzene rings is 1. The molecule has 0 aliphatic heterocycles. The van der Waals surface area contributed by atoms with Gasteiger partial charge < -0.3 is 9.64 Å². The Kier molecular flexibility index (Phi) is 4.64. The van der Waals surface area contributed by atoms with Gasteiger partial charge in [0.25, 0.3) is 0 Å². The third-order valence-corrected chi connectivity index (χ3v) is 4.50. The summed E-state index contributed by atoms with van der Waals surface area (Å²) in [6.45, 7) is 0. The third kappa shape index (κ3) is 3.04. The highest BCUT2D eigenvalue weighted by Gasteiger charge is 2.26. The fourth-order valence-corrected chi connectivity index (χ4v) is 3.03. The standard InChI is InChI=1S/C16H21N5O3/c1-19(12-6-4-3-5-7-12)15(22)21-16(23)20(17-18-21)13-8-10-14(24-2)11-9-13/h8-12H,3-7H2,1-2H3. The van der Waals surface area contributed by atoms with Gasteiger partial charge in [-0.2, -0.15) is 4.68 Å². The van der Waals surface area contributed by atoms with E-state index in [0.717, 1.165) is 35.0 Å². The number of methoxy groups -OCH3 is 1. The number of rotatable bonds is 3. The van der Waals surface area contributed by atoms with Crippen LogP contribution in [0.2, 0.25) is 0 Å². The zero-order valence-corrected chi connectivity index (χ0v) is 13.9. The number of carbonyl (C=O) groups is 1. The predicted octanol–water partition coefficient (Wildman–Crippen LogP) is 1.67. The van der Waals surface area contributed by atoms with Gasteiger partial charge in [-0.15, -0.1) is 4.68 Å². The zero-order chi connectivity index (χ0) is 17.1. The Balaban J connectivity index is 1.83. The molecule has 0 saturated heterocycles. The topological polar surface area (TPSA) is 82.2 Å². The van der Waals surface area contributed by atoms with Crippen LogP contribution in [0.3, 0.4) is 0 Å². The smallest absolute Gasteiger partial charge is 0.377 e. The lowest BCUT2D eigenvalue weighted by Gasteiger charge is -2.30. The van der Waals surface area contributed by atoms with Crippen LogP contribution in [-0.4, -0.2) is 50.9 Å². The van der Waals surface area contributed by atoms with E-state index in [1.54, 1.807) is 43.3 Å². The van der Waals surface area contributed by atoms with Crippen LogP contribution in [0.25, 0.3) is 5.69 Å². The first-order chi connectivity index (χ1) is 11.6. The first kappa shape index (κ1) is 16.2. The van der Waals surface area contributed by atoms with Crippen LogP contribution in [0, 0.1) is 0 Å². The molecule has 8 heteroatoms. The van der Waals surface area contributed by atoms with E-state index in [2.05, 4.69) is 10.4 Å². The van der Waals surface area contributed by atoms with Crippen LogP contribution >= 0.6 is 0 Å². The van der Waals surface area contributed by atoms with Gasteiger partial charge in [-0.25, -0.2) is 9.59 Å². The first-order valence-electron chi connectivity index (χ1n) is 8.08. The van der Waals surface area contributed by atoms with Gasteiger partial charge in [-0.3, -0.25) is 0 Å². The summed E-state index contributed by atoms with van der Waals surface area (Å²) in [5.74, 6) is 0.673. The number of nitrogens with zero attached hydrogens (tertiary/aromatic N) is 5. The van der Waals surface area contributed by atoms with E-state index in [1.807, 2.05) is 0 Å². The van der Waals surface area contributed by atoms with E-state index in [4.69, 9.17) is 4.74 Å². The molecule has 24 heavy (non-hydrogen) atoms. The maximum absolute atomic E-state index is 12.6. The molecule has 0 radical (unpaired) electrons. The van der Waals surface area contributed by atoms with Gasteiger partial charge in [-0.1, -0.05) is 19.3 Å². The number of ether oxygens (including phenoxy) is 1. The van der Waals surface area contributed by atoms with Crippen molar-refractivity contribution in [3.05, 3.63) is 34.7 Å². The van der Waals surface area contributed by atoms with Crippen molar-refractivity contribution in [1.29, 1.82) is 0 Å². The highest BCUT2D eigenvalue weighted by Crippen LogP contribution is 2.21. The van der Waals surface area contributed by atoms with Crippen molar-refractivity contribution in [2.75, 3.05) is 14.2 Å². The maximum Gasteiger partial charge on any atom is 0.377 e. The first-order valence-corrected chi connectivity index (χ1v) is 8.08. The minimum atomic E-state index is -0.576. The molecule has 1 aliphatic rings. The minimum absolute atomic E-state index is 0.157. The van der Waals surface area contributed by atoms with E-state index in [1.165, 1.54) is 6.42 Å². The van der Waals surface area contributed by atoms with E-state index in [9.17, 15) is 9.59 Å². The number of carbonyl (C=O) groups excluding carboxylic acids is 1. The molecule has 2 aromatic rings. The summed E-state index contributed by atoms with van der Waals surface area (Å²) >= 11 is 0. The lowest BCUT2D eigenvalue weighted by molar-refractivity contribution is 0.171. The third-order valence-electron chi connectivity index (χ3n) is 4.50. The van der Waals surface area contributed by atoms with Crippen LogP contribution < -0.4 is 10.4 Å². The second-order valence-electron chi connectivity index (χ2n) is 5.97. The van der Waals surface area contributed by atoms with Crippen LogP contribution in [0.4, 0.5) is 4.79 Å². The molecule has 0 bridgehead atoms. The Morgan fingerprint density at radius 1 is 1.17 bits per heavy atom. The second kappa shape index (κ2) is 6.86. The molecule has 0 spiro atoms. The predicted molar refractivity (Wildman–Crippen MR) is 87.6 cm³/mol. The average Bonchev–Trinajstić information content (AvgIpc) is 3.02. The summed E-state index contributed by atoms with van der Waals surface area (Å²) in [6, 6.07) is 6.53. The van der Waals surface area contributed by atoms with Gasteiger partial charge >= 0.3 is 11.7 Å². The van der Waals surface area contributed by atoms with Crippen molar-refractivity contribution in [1.82, 2.24) is 24.7 Å². The highest BCUT2D eigenvalue weighted by molar-refractivity contribution is 5.75. The molecule has 1 aromatic carbocycles. The van der Waals surface area contributed by atoms with Crippen molar-refractivity contribution >= 4 is 6.03 Å². The largest absolute Gasteiger partial charge is 0.497 e. The number of amides is 1. The Morgan fingerprint density at radius 3 is 2.46 bits per heavy atom. The van der Waals surface area contributed by atoms with Crippen molar-refractivity contribution < 1.29 is 9.53 Å². The Bertz CT molecular complexity index is 759. The van der Waals surface area contributed by atoms with E-state index >= 15 is 0 Å². The Labute approximate surface area is 139 Å². The van der Waals surface area contributed by atoms with Gasteiger partial charge in [0.15, 0.2) is 0 Å². The maximum atomic E-state index is 12.6. The summed E-state index contributed by atoms with van der Waals surface area (Å²) in [5.41, 5.74) is -0.0482. The molecular weight excluding hydrogens is 310 g/mol. The molecule has 0 N–H and O–H groups in total. The van der Waals surface area contributed by atoms with Crippen LogP contribution in [0.5, 0.6) is 5.75 Å². The van der Waals surface area contributed by atoms with Gasteiger partial charge in [-0.05, 0) is 47.5 Å². The van der Waals surface area contributed by atoms with Crippen LogP contribution in [0.15, 0.2) is 29.1 Å². The molecule has 1 heterocycles. The second-order valence-corrected chi connectivity index (χ2v) is 5.97. The molecule has 128 valence electrons. The zero-order valence-electron chi connectivity index (χ0n) is 13.9. The number of tetrazole rings is 1. The summed E-state index contributed by atoms with van der Waals surface area (Å²) in [6.07, 6.45) is 5.34. The van der Waals surface area contributed by atoms with Gasteiger partial charge in [0.05, 0.1) is 12.8 Å². The fraction of sp³-hybridized carbons (Fsp3) is 0.500. The molecule has 3 rings (SSSR count). The molecule has 1 aromatic heterocycles. The average molecular weight is 331 g/mol. The van der Waals surface area contributed by atoms with Gasteiger partial charge in [0, 0.05) is 13.1 Å². The van der Waals surface area contributed by atoms with E-state index in [0.29, 0.717) is 11.4 Å². The molecule has 1 aliphatic carbocycles. The lowest BCUT2D eigenvalue weighted by Crippen LogP contribution is -2.44. The van der Waals surface area contributed by atoms with Crippen molar-refractivity contribution in [2.24, 2.45) is 0 Å². The number of aromatic nitrogens is 4. The van der Waals surface area contributed by atoms with Crippen molar-refractivity contribution in [2.45, 2.75) is 38.1 Å². The van der Waals surface area contributed by atoms with Gasteiger partial charge in [0.1, 0.15) is 5.75 Å². The molecule has 8 nitrogen and oxygen atoms in total. The SMILES string of the molecule is COc1ccc(-n2nnn(C(=O)N(C)C3CCCCC3)c2=O)cc1. The minimum Gasteiger partial charge on any atom is -0.497 e. The summed E-state index contributed by atoms with van der Waals surface area (Å²) in [4.78, 5) is 26.6. The molecule has 0 unspecified atom stereocenters. The lowest BCUT2D eigenvalue weighted by atomic mass is 9.95. The summed E-state index contributed by atoms with van der Waals surface area (Å²) in [5, 5.41) is 7.56. The van der Waals surface area contributed by atoms with E-state index in [-0.39, 0.29) is 6.04 Å². The molecule has 1 fully saturated rings. The normalized spacial score (nSPS) is 15.2. The Hall–Kier alpha value is -2.64. The monoisotopic (exact) mass is 331 g/mol. The van der Waals surface area contributed by atoms with Crippen LogP contribution in [0.1, 0.15) is 32.1 Å². The highest BCUT2D eigenvalue weighted by atomic mass is 16.5. The molecule has 1 saturated carbocycles. The fourth-order valence-electron chi connectivity index (χ4n) is 3.03. The molecule has 0 atom stereocenters. The Morgan fingerprint density at radius 2 is 1.83 bits per heavy atom. The van der Waals surface area contributed by atoms with Crippen LogP contribution in [-0.2, 0) is 0 Å².